The summed E-state index contributed by atoms with van der Waals surface area (Å²) >= 11 is 1.80. The average Bonchev–Trinajstić information content (AvgIpc) is 2.38. The van der Waals surface area contributed by atoms with Gasteiger partial charge >= 0.3 is 0 Å². The van der Waals surface area contributed by atoms with Gasteiger partial charge in [-0.25, -0.2) is 0 Å². The molecule has 3 nitrogen and oxygen atoms in total. The number of rotatable bonds is 8. The Morgan fingerprint density at radius 1 is 1.26 bits per heavy atom. The minimum absolute atomic E-state index is 0.151. The summed E-state index contributed by atoms with van der Waals surface area (Å²) in [6, 6.07) is 6.01. The molecule has 0 bridgehead atoms. The van der Waals surface area contributed by atoms with E-state index in [0.29, 0.717) is 0 Å². The van der Waals surface area contributed by atoms with E-state index in [2.05, 4.69) is 24.8 Å². The normalized spacial score (nSPS) is 11.3. The summed E-state index contributed by atoms with van der Waals surface area (Å²) in [5.41, 5.74) is 6.92. The quantitative estimate of drug-likeness (QED) is 0.585. The van der Waals surface area contributed by atoms with E-state index >= 15 is 0 Å². The molecule has 0 saturated carbocycles. The van der Waals surface area contributed by atoms with E-state index in [9.17, 15) is 0 Å². The van der Waals surface area contributed by atoms with Crippen LogP contribution in [-0.4, -0.2) is 36.4 Å². The minimum Gasteiger partial charge on any atom is -0.489 e. The molecule has 2 N–H and O–H groups in total. The van der Waals surface area contributed by atoms with Gasteiger partial charge in [-0.15, -0.1) is 11.8 Å². The molecule has 0 aliphatic heterocycles. The number of nitrogen functional groups attached to an aromatic ring is 1. The molecule has 1 rings (SSSR count). The lowest BCUT2D eigenvalue weighted by molar-refractivity contribution is 0.243. The summed E-state index contributed by atoms with van der Waals surface area (Å²) in [6.45, 7) is 11.7. The molecular weight excluding hydrogens is 256 g/mol. The molecule has 1 aromatic carbocycles. The van der Waals surface area contributed by atoms with Crippen molar-refractivity contribution in [3.63, 3.8) is 0 Å². The van der Waals surface area contributed by atoms with Crippen LogP contribution < -0.4 is 10.5 Å². The number of ether oxygens (including phenoxy) is 1. The number of thioether (sulfide) groups is 1. The van der Waals surface area contributed by atoms with Gasteiger partial charge < -0.3 is 15.4 Å². The van der Waals surface area contributed by atoms with Crippen molar-refractivity contribution in [2.24, 2.45) is 0 Å². The summed E-state index contributed by atoms with van der Waals surface area (Å²) < 4.78 is 5.71. The van der Waals surface area contributed by atoms with Crippen molar-refractivity contribution in [1.29, 1.82) is 0 Å². The summed E-state index contributed by atoms with van der Waals surface area (Å²) in [7, 11) is 0. The Bertz CT molecular complexity index is 378. The van der Waals surface area contributed by atoms with Crippen LogP contribution >= 0.6 is 11.8 Å². The summed E-state index contributed by atoms with van der Waals surface area (Å²) in [4.78, 5) is 3.53. The molecule has 108 valence electrons. The van der Waals surface area contributed by atoms with Crippen molar-refractivity contribution in [3.05, 3.63) is 18.2 Å². The highest BCUT2D eigenvalue weighted by molar-refractivity contribution is 7.99. The Balaban J connectivity index is 2.58. The molecule has 4 heteroatoms. The van der Waals surface area contributed by atoms with E-state index in [1.807, 2.05) is 26.0 Å². The summed E-state index contributed by atoms with van der Waals surface area (Å²) in [6.07, 6.45) is 0.151. The first kappa shape index (κ1) is 16.2. The maximum Gasteiger partial charge on any atom is 0.143 e. The van der Waals surface area contributed by atoms with E-state index in [0.717, 1.165) is 41.7 Å². The molecule has 0 spiro atoms. The number of benzene rings is 1. The molecule has 0 aromatic heterocycles. The Kier molecular flexibility index (Phi) is 7.10. The van der Waals surface area contributed by atoms with Crippen LogP contribution in [0.4, 0.5) is 5.69 Å². The largest absolute Gasteiger partial charge is 0.489 e. The highest BCUT2D eigenvalue weighted by atomic mass is 32.2. The fourth-order valence-corrected chi connectivity index (χ4v) is 2.83. The first-order chi connectivity index (χ1) is 9.08. The summed E-state index contributed by atoms with van der Waals surface area (Å²) in [5.74, 6) is 1.85. The van der Waals surface area contributed by atoms with Crippen molar-refractivity contribution in [3.8, 4) is 5.75 Å². The van der Waals surface area contributed by atoms with Crippen molar-refractivity contribution in [2.75, 3.05) is 31.1 Å². The van der Waals surface area contributed by atoms with Gasteiger partial charge in [-0.2, -0.15) is 0 Å². The van der Waals surface area contributed by atoms with Crippen LogP contribution in [0.1, 0.15) is 27.7 Å². The van der Waals surface area contributed by atoms with Gasteiger partial charge in [0.1, 0.15) is 5.75 Å². The maximum absolute atomic E-state index is 6.15. The lowest BCUT2D eigenvalue weighted by Crippen LogP contribution is -2.25. The Hall–Kier alpha value is -0.870. The third-order valence-electron chi connectivity index (χ3n) is 2.95. The van der Waals surface area contributed by atoms with Gasteiger partial charge in [0, 0.05) is 17.2 Å². The predicted octanol–water partition coefficient (Wildman–Crippen LogP) is 3.49. The van der Waals surface area contributed by atoms with Crippen LogP contribution in [0.5, 0.6) is 5.75 Å². The van der Waals surface area contributed by atoms with Gasteiger partial charge in [-0.3, -0.25) is 0 Å². The molecule has 0 amide bonds. The Morgan fingerprint density at radius 2 is 1.95 bits per heavy atom. The predicted molar refractivity (Wildman–Crippen MR) is 85.1 cm³/mol. The van der Waals surface area contributed by atoms with Crippen molar-refractivity contribution in [1.82, 2.24) is 4.90 Å². The van der Waals surface area contributed by atoms with Crippen molar-refractivity contribution in [2.45, 2.75) is 38.7 Å². The SMILES string of the molecule is CCN(CC)CCSc1cccc(OC(C)C)c1N. The molecule has 0 heterocycles. The van der Waals surface area contributed by atoms with Crippen molar-refractivity contribution >= 4 is 17.4 Å². The highest BCUT2D eigenvalue weighted by Crippen LogP contribution is 2.33. The fourth-order valence-electron chi connectivity index (χ4n) is 1.83. The van der Waals surface area contributed by atoms with Gasteiger partial charge in [0.25, 0.3) is 0 Å². The zero-order valence-corrected chi connectivity index (χ0v) is 13.3. The van der Waals surface area contributed by atoms with Crippen molar-refractivity contribution < 1.29 is 4.74 Å². The zero-order chi connectivity index (χ0) is 14.3. The number of nitrogens with two attached hydrogens (primary N) is 1. The first-order valence-corrected chi connectivity index (χ1v) is 7.97. The van der Waals surface area contributed by atoms with Crippen LogP contribution in [0.3, 0.4) is 0 Å². The number of para-hydroxylation sites is 1. The van der Waals surface area contributed by atoms with E-state index in [1.54, 1.807) is 11.8 Å². The molecular formula is C15H26N2OS. The average molecular weight is 282 g/mol. The van der Waals surface area contributed by atoms with E-state index in [1.165, 1.54) is 0 Å². The highest BCUT2D eigenvalue weighted by Gasteiger charge is 2.08. The smallest absolute Gasteiger partial charge is 0.143 e. The Labute approximate surface area is 121 Å². The van der Waals surface area contributed by atoms with Gasteiger partial charge in [-0.1, -0.05) is 19.9 Å². The molecule has 0 aliphatic rings. The van der Waals surface area contributed by atoms with Crippen LogP contribution in [0.25, 0.3) is 0 Å². The van der Waals surface area contributed by atoms with Gasteiger partial charge in [0.2, 0.25) is 0 Å². The third-order valence-corrected chi connectivity index (χ3v) is 4.00. The molecule has 0 fully saturated rings. The number of anilines is 1. The zero-order valence-electron chi connectivity index (χ0n) is 12.5. The standard InChI is InChI=1S/C15H26N2OS/c1-5-17(6-2)10-11-19-14-9-7-8-13(15(14)16)18-12(3)4/h7-9,12H,5-6,10-11,16H2,1-4H3. The molecule has 0 unspecified atom stereocenters. The van der Waals surface area contributed by atoms with Gasteiger partial charge in [0.05, 0.1) is 11.8 Å². The van der Waals surface area contributed by atoms with E-state index in [-0.39, 0.29) is 6.10 Å². The lowest BCUT2D eigenvalue weighted by atomic mass is 10.3. The van der Waals surface area contributed by atoms with E-state index in [4.69, 9.17) is 10.5 Å². The number of nitrogens with zero attached hydrogens (tertiary/aromatic N) is 1. The van der Waals surface area contributed by atoms with Crippen LogP contribution in [0, 0.1) is 0 Å². The van der Waals surface area contributed by atoms with Crippen LogP contribution in [0.2, 0.25) is 0 Å². The minimum atomic E-state index is 0.151. The molecule has 19 heavy (non-hydrogen) atoms. The van der Waals surface area contributed by atoms with Gasteiger partial charge in [0.15, 0.2) is 0 Å². The lowest BCUT2D eigenvalue weighted by Gasteiger charge is -2.18. The Morgan fingerprint density at radius 3 is 2.53 bits per heavy atom. The second kappa shape index (κ2) is 8.33. The molecule has 0 aliphatic carbocycles. The number of hydrogen-bond acceptors (Lipinski definition) is 4. The summed E-state index contributed by atoms with van der Waals surface area (Å²) in [5, 5.41) is 0. The molecule has 0 radical (unpaired) electrons. The molecule has 0 saturated heterocycles. The van der Waals surface area contributed by atoms with Crippen LogP contribution in [0.15, 0.2) is 23.1 Å². The second-order valence-electron chi connectivity index (χ2n) is 4.71. The maximum atomic E-state index is 6.15. The monoisotopic (exact) mass is 282 g/mol. The second-order valence-corrected chi connectivity index (χ2v) is 5.85. The third kappa shape index (κ3) is 5.33. The molecule has 0 atom stereocenters. The first-order valence-electron chi connectivity index (χ1n) is 6.98. The fraction of sp³-hybridized carbons (Fsp3) is 0.600. The number of hydrogen-bond donors (Lipinski definition) is 1. The topological polar surface area (TPSA) is 38.5 Å². The van der Waals surface area contributed by atoms with Crippen LogP contribution in [-0.2, 0) is 0 Å². The molecule has 1 aromatic rings. The van der Waals surface area contributed by atoms with E-state index < -0.39 is 0 Å². The van der Waals surface area contributed by atoms with Gasteiger partial charge in [-0.05, 0) is 39.1 Å².